The van der Waals surface area contributed by atoms with Gasteiger partial charge >= 0.3 is 4.87 Å². The third-order valence-corrected chi connectivity index (χ3v) is 10.6. The van der Waals surface area contributed by atoms with Crippen molar-refractivity contribution in [3.8, 4) is 0 Å². The predicted molar refractivity (Wildman–Crippen MR) is 153 cm³/mol. The smallest absolute Gasteiger partial charge is 0.305 e. The van der Waals surface area contributed by atoms with Crippen molar-refractivity contribution < 1.29 is 23.9 Å². The molecule has 3 heterocycles. The second-order valence-electron chi connectivity index (χ2n) is 13.2. The summed E-state index contributed by atoms with van der Waals surface area (Å²) >= 11 is 0.837. The van der Waals surface area contributed by atoms with Gasteiger partial charge in [0.2, 0.25) is 17.7 Å². The Morgan fingerprint density at radius 1 is 1.10 bits per heavy atom. The molecular formula is C29H43N5O6S. The Labute approximate surface area is 244 Å². The summed E-state index contributed by atoms with van der Waals surface area (Å²) in [7, 11) is 1.53. The average Bonchev–Trinajstić information content (AvgIpc) is 3.24. The maximum Gasteiger partial charge on any atom is 0.305 e. The number of aromatic nitrogens is 1. The average molecular weight is 590 g/mol. The van der Waals surface area contributed by atoms with E-state index in [-0.39, 0.29) is 51.3 Å². The molecule has 1 aromatic heterocycles. The van der Waals surface area contributed by atoms with Crippen LogP contribution < -0.4 is 15.5 Å². The molecular weight excluding hydrogens is 546 g/mol. The zero-order valence-corrected chi connectivity index (χ0v) is 25.3. The van der Waals surface area contributed by atoms with E-state index < -0.39 is 23.5 Å². The molecule has 2 aliphatic carbocycles. The van der Waals surface area contributed by atoms with Crippen LogP contribution in [0.15, 0.2) is 11.0 Å². The summed E-state index contributed by atoms with van der Waals surface area (Å²) in [6, 6.07) is -0.891. The first kappa shape index (κ1) is 29.8. The van der Waals surface area contributed by atoms with Gasteiger partial charge in [-0.15, -0.1) is 0 Å². The van der Waals surface area contributed by atoms with Gasteiger partial charge < -0.3 is 30.2 Å². The lowest BCUT2D eigenvalue weighted by molar-refractivity contribution is -0.152. The van der Waals surface area contributed by atoms with Gasteiger partial charge in [0.05, 0.1) is 12.0 Å². The molecule has 2 saturated heterocycles. The van der Waals surface area contributed by atoms with Crippen molar-refractivity contribution in [1.29, 1.82) is 0 Å². The van der Waals surface area contributed by atoms with Crippen molar-refractivity contribution in [1.82, 2.24) is 25.4 Å². The third kappa shape index (κ3) is 6.09. The number of nitrogens with zero attached hydrogens (tertiary/aromatic N) is 2. The molecule has 4 atom stereocenters. The minimum atomic E-state index is -0.891. The normalized spacial score (nSPS) is 26.2. The van der Waals surface area contributed by atoms with E-state index in [0.717, 1.165) is 30.6 Å². The van der Waals surface area contributed by atoms with Crippen molar-refractivity contribution in [3.63, 3.8) is 0 Å². The van der Waals surface area contributed by atoms with Crippen LogP contribution in [0.4, 0.5) is 0 Å². The Balaban J connectivity index is 1.30. The number of hydrogen-bond acceptors (Lipinski definition) is 7. The summed E-state index contributed by atoms with van der Waals surface area (Å²) in [5.74, 6) is -1.05. The maximum absolute atomic E-state index is 13.9. The monoisotopic (exact) mass is 589 g/mol. The van der Waals surface area contributed by atoms with Gasteiger partial charge in [-0.1, -0.05) is 44.4 Å². The van der Waals surface area contributed by atoms with E-state index in [1.165, 1.54) is 32.5 Å². The number of amides is 4. The molecule has 4 fully saturated rings. The van der Waals surface area contributed by atoms with Crippen LogP contribution in [0.2, 0.25) is 0 Å². The molecule has 4 aliphatic rings. The van der Waals surface area contributed by atoms with Gasteiger partial charge in [-0.2, -0.15) is 0 Å². The van der Waals surface area contributed by atoms with Crippen molar-refractivity contribution >= 4 is 35.0 Å². The van der Waals surface area contributed by atoms with Crippen LogP contribution >= 0.6 is 11.3 Å². The van der Waals surface area contributed by atoms with Gasteiger partial charge in [-0.25, -0.2) is 0 Å². The SMILES string of the molecule is CNC(=O)[C@@H](NC(=O)[C@@H]1CN(C(=O)c2c[nH]c(=O)s2)CC12CN(C(=O)[C@H]1CC1(C)C)C2)[C@@H](C)OCC1CCCCC1. The van der Waals surface area contributed by atoms with Gasteiger partial charge in [-0.3, -0.25) is 24.0 Å². The second-order valence-corrected chi connectivity index (χ2v) is 14.2. The number of hydrogen-bond donors (Lipinski definition) is 3. The van der Waals surface area contributed by atoms with Gasteiger partial charge in [0.1, 0.15) is 10.9 Å². The highest BCUT2D eigenvalue weighted by atomic mass is 32.1. The Hall–Kier alpha value is -2.73. The summed E-state index contributed by atoms with van der Waals surface area (Å²) in [6.45, 7) is 7.71. The maximum atomic E-state index is 13.9. The van der Waals surface area contributed by atoms with E-state index in [1.807, 2.05) is 0 Å². The first-order valence-electron chi connectivity index (χ1n) is 14.8. The minimum absolute atomic E-state index is 0.00546. The second kappa shape index (κ2) is 11.5. The fourth-order valence-corrected chi connectivity index (χ4v) is 7.52. The standard InChI is InChI=1S/C29H43N5O6S/c1-17(40-13-18-8-6-5-7-9-18)22(24(36)30-4)32-23(35)20-12-33(26(38)21-11-31-27(39)41-21)14-29(20)15-34(16-29)25(37)19-10-28(19,2)3/h11,17-20,22H,5-10,12-16H2,1-4H3,(H,30,36)(H,31,39)(H,32,35)/t17-,19-,20+,22+/m1/s1. The number of aromatic amines is 1. The molecule has 1 aromatic rings. The Morgan fingerprint density at radius 3 is 2.34 bits per heavy atom. The predicted octanol–water partition coefficient (Wildman–Crippen LogP) is 1.60. The number of nitrogens with one attached hydrogen (secondary N) is 3. The molecule has 1 spiro atoms. The molecule has 2 saturated carbocycles. The molecule has 5 rings (SSSR count). The van der Waals surface area contributed by atoms with E-state index in [4.69, 9.17) is 4.74 Å². The summed E-state index contributed by atoms with van der Waals surface area (Å²) in [4.78, 5) is 70.7. The number of thiazole rings is 1. The summed E-state index contributed by atoms with van der Waals surface area (Å²) in [5, 5.41) is 5.59. The van der Waals surface area contributed by atoms with Gasteiger partial charge in [0.15, 0.2) is 0 Å². The third-order valence-electron chi connectivity index (χ3n) is 9.74. The minimum Gasteiger partial charge on any atom is -0.376 e. The summed E-state index contributed by atoms with van der Waals surface area (Å²) < 4.78 is 6.12. The van der Waals surface area contributed by atoms with Crippen LogP contribution in [0.1, 0.15) is 69.0 Å². The van der Waals surface area contributed by atoms with E-state index in [2.05, 4.69) is 29.5 Å². The van der Waals surface area contributed by atoms with E-state index in [9.17, 15) is 24.0 Å². The Morgan fingerprint density at radius 2 is 1.76 bits per heavy atom. The molecule has 0 unspecified atom stereocenters. The number of likely N-dealkylation sites (tertiary alicyclic amines) is 2. The lowest BCUT2D eigenvalue weighted by Crippen LogP contribution is -2.65. The summed E-state index contributed by atoms with van der Waals surface area (Å²) in [5.41, 5.74) is -0.621. The first-order chi connectivity index (χ1) is 19.4. The molecule has 3 N–H and O–H groups in total. The van der Waals surface area contributed by atoms with Gasteiger partial charge in [-0.05, 0) is 37.5 Å². The molecule has 41 heavy (non-hydrogen) atoms. The number of likely N-dealkylation sites (N-methyl/N-ethyl adjacent to an activating group) is 1. The lowest BCUT2D eigenvalue weighted by Gasteiger charge is -2.50. The number of H-pyrrole nitrogens is 1. The van der Waals surface area contributed by atoms with Crippen molar-refractivity contribution in [2.24, 2.45) is 28.6 Å². The quantitative estimate of drug-likeness (QED) is 0.400. The van der Waals surface area contributed by atoms with Gasteiger partial charge in [0, 0.05) is 57.4 Å². The first-order valence-corrected chi connectivity index (χ1v) is 15.7. The molecule has 4 amide bonds. The fraction of sp³-hybridized carbons (Fsp3) is 0.759. The number of carbonyl (C=O) groups is 4. The molecule has 226 valence electrons. The molecule has 0 aromatic carbocycles. The highest BCUT2D eigenvalue weighted by Crippen LogP contribution is 2.54. The molecule has 0 radical (unpaired) electrons. The van der Waals surface area contributed by atoms with Gasteiger partial charge in [0.25, 0.3) is 5.91 Å². The highest BCUT2D eigenvalue weighted by Gasteiger charge is 2.62. The topological polar surface area (TPSA) is 141 Å². The highest BCUT2D eigenvalue weighted by molar-refractivity contribution is 7.11. The molecule has 12 heteroatoms. The van der Waals surface area contributed by atoms with Crippen LogP contribution in [0.25, 0.3) is 0 Å². The van der Waals surface area contributed by atoms with Crippen molar-refractivity contribution in [2.75, 3.05) is 39.8 Å². The number of ether oxygens (including phenoxy) is 1. The van der Waals surface area contributed by atoms with E-state index in [0.29, 0.717) is 32.2 Å². The van der Waals surface area contributed by atoms with Crippen LogP contribution in [-0.4, -0.2) is 90.4 Å². The van der Waals surface area contributed by atoms with Crippen LogP contribution in [0.3, 0.4) is 0 Å². The molecule has 11 nitrogen and oxygen atoms in total. The van der Waals surface area contributed by atoms with E-state index in [1.54, 1.807) is 16.7 Å². The zero-order valence-electron chi connectivity index (χ0n) is 24.5. The Kier molecular flexibility index (Phi) is 8.35. The van der Waals surface area contributed by atoms with E-state index >= 15 is 0 Å². The lowest BCUT2D eigenvalue weighted by atomic mass is 9.70. The Bertz CT molecular complexity index is 1230. The number of carbonyl (C=O) groups excluding carboxylic acids is 4. The van der Waals surface area contributed by atoms with Crippen LogP contribution in [-0.2, 0) is 19.1 Å². The van der Waals surface area contributed by atoms with Crippen LogP contribution in [0.5, 0.6) is 0 Å². The molecule has 0 bridgehead atoms. The van der Waals surface area contributed by atoms with Crippen molar-refractivity contribution in [3.05, 3.63) is 20.7 Å². The van der Waals surface area contributed by atoms with Crippen molar-refractivity contribution in [2.45, 2.75) is 71.4 Å². The largest absolute Gasteiger partial charge is 0.376 e. The molecule has 2 aliphatic heterocycles. The number of rotatable bonds is 9. The van der Waals surface area contributed by atoms with Crippen LogP contribution in [0, 0.1) is 28.6 Å². The summed E-state index contributed by atoms with van der Waals surface area (Å²) in [6.07, 6.45) is 7.56. The zero-order chi connectivity index (χ0) is 29.5. The fourth-order valence-electron chi connectivity index (χ4n) is 6.87.